The number of hydrogen-bond donors (Lipinski definition) is 2. The summed E-state index contributed by atoms with van der Waals surface area (Å²) in [6.07, 6.45) is 1.60. The summed E-state index contributed by atoms with van der Waals surface area (Å²) in [5.74, 6) is -0.121. The zero-order valence-corrected chi connectivity index (χ0v) is 11.5. The lowest BCUT2D eigenvalue weighted by molar-refractivity contribution is 0.0955. The molecule has 0 fully saturated rings. The van der Waals surface area contributed by atoms with E-state index in [0.717, 1.165) is 11.1 Å². The molecule has 0 unspecified atom stereocenters. The van der Waals surface area contributed by atoms with Gasteiger partial charge in [-0.1, -0.05) is 0 Å². The van der Waals surface area contributed by atoms with E-state index in [1.807, 2.05) is 0 Å². The molecule has 1 aromatic heterocycles. The van der Waals surface area contributed by atoms with E-state index in [4.69, 9.17) is 4.74 Å². The molecule has 0 atom stereocenters. The first kappa shape index (κ1) is 14.3. The third-order valence-corrected chi connectivity index (χ3v) is 3.35. The van der Waals surface area contributed by atoms with E-state index in [2.05, 4.69) is 20.7 Å². The first-order valence-electron chi connectivity index (χ1n) is 5.81. The summed E-state index contributed by atoms with van der Waals surface area (Å²) in [6.45, 7) is 0.448. The van der Waals surface area contributed by atoms with E-state index in [9.17, 15) is 9.18 Å². The lowest BCUT2D eigenvalue weighted by Gasteiger charge is -2.06. The van der Waals surface area contributed by atoms with E-state index >= 15 is 0 Å². The molecule has 8 heteroatoms. The molecule has 1 amide bonds. The van der Waals surface area contributed by atoms with Crippen molar-refractivity contribution < 1.29 is 13.9 Å². The number of halogens is 1. The van der Waals surface area contributed by atoms with Gasteiger partial charge in [0.05, 0.1) is 13.3 Å². The van der Waals surface area contributed by atoms with Gasteiger partial charge in [-0.3, -0.25) is 4.79 Å². The Balaban J connectivity index is 1.81. The van der Waals surface area contributed by atoms with Crippen LogP contribution in [0.3, 0.4) is 0 Å². The lowest BCUT2D eigenvalue weighted by Crippen LogP contribution is -2.25. The highest BCUT2D eigenvalue weighted by atomic mass is 32.2. The van der Waals surface area contributed by atoms with Gasteiger partial charge in [-0.2, -0.15) is 10.3 Å². The first-order chi connectivity index (χ1) is 9.70. The Kier molecular flexibility index (Phi) is 4.94. The molecule has 0 aliphatic carbocycles. The number of benzene rings is 1. The predicted molar refractivity (Wildman–Crippen MR) is 72.4 cm³/mol. The molecular formula is C12H13FN4O2S. The second-order valence-electron chi connectivity index (χ2n) is 3.76. The van der Waals surface area contributed by atoms with Gasteiger partial charge in [0.2, 0.25) is 0 Å². The SMILES string of the molecule is COc1ccc(C(=O)NCCSc2cn[nH]n2)cc1F. The van der Waals surface area contributed by atoms with E-state index in [1.54, 1.807) is 6.20 Å². The molecule has 1 heterocycles. The molecule has 0 bridgehead atoms. The van der Waals surface area contributed by atoms with Crippen LogP contribution in [-0.2, 0) is 0 Å². The van der Waals surface area contributed by atoms with Crippen molar-refractivity contribution in [2.75, 3.05) is 19.4 Å². The summed E-state index contributed by atoms with van der Waals surface area (Å²) in [7, 11) is 1.37. The summed E-state index contributed by atoms with van der Waals surface area (Å²) < 4.78 is 18.3. The van der Waals surface area contributed by atoms with Gasteiger partial charge in [0.15, 0.2) is 11.6 Å². The highest BCUT2D eigenvalue weighted by molar-refractivity contribution is 7.99. The molecule has 6 nitrogen and oxygen atoms in total. The minimum atomic E-state index is -0.558. The van der Waals surface area contributed by atoms with Crippen LogP contribution in [0.2, 0.25) is 0 Å². The number of aromatic nitrogens is 3. The Morgan fingerprint density at radius 1 is 1.55 bits per heavy atom. The number of amides is 1. The van der Waals surface area contributed by atoms with Gasteiger partial charge >= 0.3 is 0 Å². The zero-order chi connectivity index (χ0) is 14.4. The van der Waals surface area contributed by atoms with E-state index in [0.29, 0.717) is 12.3 Å². The molecule has 20 heavy (non-hydrogen) atoms. The number of thioether (sulfide) groups is 1. The normalized spacial score (nSPS) is 10.3. The van der Waals surface area contributed by atoms with Crippen molar-refractivity contribution in [3.8, 4) is 5.75 Å². The highest BCUT2D eigenvalue weighted by Crippen LogP contribution is 2.17. The number of nitrogens with one attached hydrogen (secondary N) is 2. The third-order valence-electron chi connectivity index (χ3n) is 2.44. The molecule has 0 radical (unpaired) electrons. The number of methoxy groups -OCH3 is 1. The number of rotatable bonds is 6. The van der Waals surface area contributed by atoms with Crippen molar-refractivity contribution in [1.29, 1.82) is 0 Å². The fraction of sp³-hybridized carbons (Fsp3) is 0.250. The number of H-pyrrole nitrogens is 1. The van der Waals surface area contributed by atoms with E-state index in [-0.39, 0.29) is 17.2 Å². The van der Waals surface area contributed by atoms with Crippen molar-refractivity contribution >= 4 is 17.7 Å². The number of nitrogens with zero attached hydrogens (tertiary/aromatic N) is 2. The van der Waals surface area contributed by atoms with Crippen LogP contribution in [0.1, 0.15) is 10.4 Å². The molecule has 0 spiro atoms. The standard InChI is InChI=1S/C12H13FN4O2S/c1-19-10-3-2-8(6-9(10)13)12(18)14-4-5-20-11-7-15-17-16-11/h2-3,6-7H,4-5H2,1H3,(H,14,18)(H,15,16,17). The minimum absolute atomic E-state index is 0.114. The smallest absolute Gasteiger partial charge is 0.251 e. The van der Waals surface area contributed by atoms with Crippen LogP contribution in [0.5, 0.6) is 5.75 Å². The molecule has 0 aliphatic heterocycles. The molecule has 0 aliphatic rings. The van der Waals surface area contributed by atoms with E-state index < -0.39 is 5.82 Å². The lowest BCUT2D eigenvalue weighted by atomic mass is 10.2. The summed E-state index contributed by atoms with van der Waals surface area (Å²) in [6, 6.07) is 4.09. The summed E-state index contributed by atoms with van der Waals surface area (Å²) >= 11 is 1.46. The van der Waals surface area contributed by atoms with Crippen LogP contribution in [0, 0.1) is 5.82 Å². The number of hydrogen-bond acceptors (Lipinski definition) is 5. The Hall–Kier alpha value is -2.09. The average molecular weight is 296 g/mol. The van der Waals surface area contributed by atoms with Gasteiger partial charge in [-0.15, -0.1) is 16.9 Å². The number of carbonyl (C=O) groups is 1. The van der Waals surface area contributed by atoms with Crippen molar-refractivity contribution in [1.82, 2.24) is 20.7 Å². The van der Waals surface area contributed by atoms with Crippen molar-refractivity contribution in [3.05, 3.63) is 35.8 Å². The largest absolute Gasteiger partial charge is 0.494 e. The second-order valence-corrected chi connectivity index (χ2v) is 4.88. The van der Waals surface area contributed by atoms with Gasteiger partial charge in [0.1, 0.15) is 5.03 Å². The fourth-order valence-electron chi connectivity index (χ4n) is 1.49. The van der Waals surface area contributed by atoms with Crippen molar-refractivity contribution in [2.24, 2.45) is 0 Å². The number of carbonyl (C=O) groups excluding carboxylic acids is 1. The Morgan fingerprint density at radius 2 is 2.40 bits per heavy atom. The van der Waals surface area contributed by atoms with Crippen LogP contribution in [0.15, 0.2) is 29.4 Å². The van der Waals surface area contributed by atoms with Gasteiger partial charge in [0.25, 0.3) is 5.91 Å². The van der Waals surface area contributed by atoms with Gasteiger partial charge in [0, 0.05) is 17.9 Å². The quantitative estimate of drug-likeness (QED) is 0.623. The topological polar surface area (TPSA) is 79.9 Å². The average Bonchev–Trinajstić information content (AvgIpc) is 2.96. The maximum absolute atomic E-state index is 13.5. The Bertz CT molecular complexity index is 577. The zero-order valence-electron chi connectivity index (χ0n) is 10.7. The summed E-state index contributed by atoms with van der Waals surface area (Å²) in [5.41, 5.74) is 0.259. The van der Waals surface area contributed by atoms with Crippen LogP contribution >= 0.6 is 11.8 Å². The van der Waals surface area contributed by atoms with Gasteiger partial charge < -0.3 is 10.1 Å². The van der Waals surface area contributed by atoms with Gasteiger partial charge in [-0.25, -0.2) is 4.39 Å². The third kappa shape index (κ3) is 3.70. The maximum atomic E-state index is 13.5. The molecule has 0 saturated carbocycles. The summed E-state index contributed by atoms with van der Waals surface area (Å²) in [4.78, 5) is 11.8. The van der Waals surface area contributed by atoms with Crippen LogP contribution in [0.25, 0.3) is 0 Å². The molecule has 1 aromatic carbocycles. The number of aromatic amines is 1. The maximum Gasteiger partial charge on any atom is 0.251 e. The van der Waals surface area contributed by atoms with Crippen molar-refractivity contribution in [2.45, 2.75) is 5.03 Å². The van der Waals surface area contributed by atoms with E-state index in [1.165, 1.54) is 31.0 Å². The molecule has 106 valence electrons. The predicted octanol–water partition coefficient (Wildman–Crippen LogP) is 1.47. The van der Waals surface area contributed by atoms with Crippen LogP contribution < -0.4 is 10.1 Å². The van der Waals surface area contributed by atoms with Crippen LogP contribution in [-0.4, -0.2) is 40.7 Å². The minimum Gasteiger partial charge on any atom is -0.494 e. The molecule has 0 saturated heterocycles. The van der Waals surface area contributed by atoms with Gasteiger partial charge in [-0.05, 0) is 18.2 Å². The molecular weight excluding hydrogens is 283 g/mol. The monoisotopic (exact) mass is 296 g/mol. The van der Waals surface area contributed by atoms with Crippen LogP contribution in [0.4, 0.5) is 4.39 Å². The number of ether oxygens (including phenoxy) is 1. The summed E-state index contributed by atoms with van der Waals surface area (Å²) in [5, 5.41) is 13.5. The molecule has 2 N–H and O–H groups in total. The molecule has 2 rings (SSSR count). The first-order valence-corrected chi connectivity index (χ1v) is 6.79. The Labute approximate surface area is 119 Å². The Morgan fingerprint density at radius 3 is 3.05 bits per heavy atom. The second kappa shape index (κ2) is 6.90. The highest BCUT2D eigenvalue weighted by Gasteiger charge is 2.09. The molecule has 2 aromatic rings. The fourth-order valence-corrected chi connectivity index (χ4v) is 2.14. The van der Waals surface area contributed by atoms with Crippen molar-refractivity contribution in [3.63, 3.8) is 0 Å².